The van der Waals surface area contributed by atoms with Gasteiger partial charge in [-0.25, -0.2) is 8.78 Å². The van der Waals surface area contributed by atoms with Crippen LogP contribution in [0.15, 0.2) is 24.3 Å². The quantitative estimate of drug-likeness (QED) is 0.885. The molecule has 0 amide bonds. The van der Waals surface area contributed by atoms with Gasteiger partial charge < -0.3 is 5.73 Å². The molecule has 118 valence electrons. The maximum atomic E-state index is 12.9. The van der Waals surface area contributed by atoms with Gasteiger partial charge in [-0.1, -0.05) is 31.5 Å². The number of rotatable bonds is 5. The average Bonchev–Trinajstić information content (AvgIpc) is 2.74. The van der Waals surface area contributed by atoms with E-state index in [2.05, 4.69) is 11.8 Å². The van der Waals surface area contributed by atoms with E-state index in [0.717, 1.165) is 24.6 Å². The van der Waals surface area contributed by atoms with Crippen molar-refractivity contribution in [2.24, 2.45) is 11.7 Å². The smallest absolute Gasteiger partial charge is 0.263 e. The van der Waals surface area contributed by atoms with Crippen LogP contribution in [0.25, 0.3) is 0 Å². The number of hydrogen-bond acceptors (Lipinski definition) is 2. The molecule has 1 aliphatic heterocycles. The Bertz CT molecular complexity index is 437. The highest BCUT2D eigenvalue weighted by Crippen LogP contribution is 2.29. The summed E-state index contributed by atoms with van der Waals surface area (Å²) >= 11 is 0. The van der Waals surface area contributed by atoms with E-state index >= 15 is 0 Å². The van der Waals surface area contributed by atoms with Gasteiger partial charge in [-0.05, 0) is 49.9 Å². The van der Waals surface area contributed by atoms with Crippen molar-refractivity contribution in [3.05, 3.63) is 35.4 Å². The molecule has 2 N–H and O–H groups in total. The van der Waals surface area contributed by atoms with E-state index in [4.69, 9.17) is 5.73 Å². The first-order valence-corrected chi connectivity index (χ1v) is 7.97. The van der Waals surface area contributed by atoms with E-state index in [1.165, 1.54) is 31.7 Å². The second-order valence-corrected chi connectivity index (χ2v) is 5.96. The first-order valence-electron chi connectivity index (χ1n) is 7.97. The van der Waals surface area contributed by atoms with Crippen LogP contribution in [0.2, 0.25) is 0 Å². The van der Waals surface area contributed by atoms with Crippen molar-refractivity contribution in [3.63, 3.8) is 0 Å². The van der Waals surface area contributed by atoms with Gasteiger partial charge in [0.15, 0.2) is 0 Å². The summed E-state index contributed by atoms with van der Waals surface area (Å²) < 4.78 is 25.7. The molecule has 4 heteroatoms. The lowest BCUT2D eigenvalue weighted by atomic mass is 9.98. The van der Waals surface area contributed by atoms with Crippen molar-refractivity contribution in [2.45, 2.75) is 45.1 Å². The third-order valence-corrected chi connectivity index (χ3v) is 4.67. The van der Waals surface area contributed by atoms with E-state index in [1.54, 1.807) is 12.1 Å². The molecule has 0 aromatic heterocycles. The molecule has 2 rings (SSSR count). The third-order valence-electron chi connectivity index (χ3n) is 4.67. The monoisotopic (exact) mass is 296 g/mol. The lowest BCUT2D eigenvalue weighted by Crippen LogP contribution is -2.34. The Labute approximate surface area is 126 Å². The number of nitrogens with zero attached hydrogens (tertiary/aromatic N) is 1. The fourth-order valence-corrected chi connectivity index (χ4v) is 3.31. The fourth-order valence-electron chi connectivity index (χ4n) is 3.31. The molecule has 1 heterocycles. The van der Waals surface area contributed by atoms with Crippen molar-refractivity contribution in [1.29, 1.82) is 0 Å². The molecule has 2 nitrogen and oxygen atoms in total. The summed E-state index contributed by atoms with van der Waals surface area (Å²) in [5.74, 6) is 0.792. The summed E-state index contributed by atoms with van der Waals surface area (Å²) in [6, 6.07) is 6.79. The largest absolute Gasteiger partial charge is 0.329 e. The van der Waals surface area contributed by atoms with Gasteiger partial charge in [0, 0.05) is 18.2 Å². The van der Waals surface area contributed by atoms with Gasteiger partial charge in [0.1, 0.15) is 0 Å². The minimum Gasteiger partial charge on any atom is -0.329 e. The number of halogens is 2. The highest BCUT2D eigenvalue weighted by atomic mass is 19.3. The summed E-state index contributed by atoms with van der Waals surface area (Å²) in [5.41, 5.74) is 6.96. The van der Waals surface area contributed by atoms with Crippen LogP contribution in [0.1, 0.15) is 56.2 Å². The molecule has 0 spiro atoms. The Morgan fingerprint density at radius 2 is 2.00 bits per heavy atom. The summed E-state index contributed by atoms with van der Waals surface area (Å²) in [4.78, 5) is 2.38. The van der Waals surface area contributed by atoms with Crippen LogP contribution >= 0.6 is 0 Å². The summed E-state index contributed by atoms with van der Waals surface area (Å²) in [6.45, 7) is 4.74. The Hall–Kier alpha value is -1.00. The van der Waals surface area contributed by atoms with Crippen LogP contribution in [0.5, 0.6) is 0 Å². The standard InChI is InChI=1S/C17H26F2N2/c1-2-13-5-4-9-21(10-8-13)16(12-20)14-6-3-7-15(11-14)17(18)19/h3,6-7,11,13,16-17H,2,4-5,8-10,12,20H2,1H3. The zero-order chi connectivity index (χ0) is 15.2. The lowest BCUT2D eigenvalue weighted by Gasteiger charge is -2.30. The molecule has 2 atom stereocenters. The fraction of sp³-hybridized carbons (Fsp3) is 0.647. The van der Waals surface area contributed by atoms with Gasteiger partial charge >= 0.3 is 0 Å². The molecule has 0 bridgehead atoms. The molecule has 1 aliphatic rings. The number of alkyl halides is 2. The predicted molar refractivity (Wildman–Crippen MR) is 82.4 cm³/mol. The van der Waals surface area contributed by atoms with Crippen LogP contribution in [-0.2, 0) is 0 Å². The van der Waals surface area contributed by atoms with Crippen LogP contribution in [-0.4, -0.2) is 24.5 Å². The van der Waals surface area contributed by atoms with Gasteiger partial charge in [-0.15, -0.1) is 0 Å². The van der Waals surface area contributed by atoms with Crippen LogP contribution in [0, 0.1) is 5.92 Å². The molecule has 1 fully saturated rings. The molecular weight excluding hydrogens is 270 g/mol. The minimum absolute atomic E-state index is 0.0549. The summed E-state index contributed by atoms with van der Waals surface area (Å²) in [7, 11) is 0. The van der Waals surface area contributed by atoms with Crippen LogP contribution in [0.3, 0.4) is 0 Å². The normalized spacial score (nSPS) is 22.2. The molecule has 0 aliphatic carbocycles. The van der Waals surface area contributed by atoms with Gasteiger partial charge in [0.25, 0.3) is 6.43 Å². The summed E-state index contributed by atoms with van der Waals surface area (Å²) in [6.07, 6.45) is 2.42. The van der Waals surface area contributed by atoms with Gasteiger partial charge in [0.05, 0.1) is 0 Å². The van der Waals surface area contributed by atoms with E-state index < -0.39 is 6.43 Å². The van der Waals surface area contributed by atoms with Crippen molar-refractivity contribution in [1.82, 2.24) is 4.90 Å². The SMILES string of the molecule is CCC1CCCN(C(CN)c2cccc(C(F)F)c2)CC1. The zero-order valence-electron chi connectivity index (χ0n) is 12.8. The maximum absolute atomic E-state index is 12.9. The van der Waals surface area contributed by atoms with E-state index in [9.17, 15) is 8.78 Å². The second kappa shape index (κ2) is 7.85. The number of likely N-dealkylation sites (tertiary alicyclic amines) is 1. The molecule has 2 unspecified atom stereocenters. The first-order chi connectivity index (χ1) is 10.2. The van der Waals surface area contributed by atoms with Crippen molar-refractivity contribution < 1.29 is 8.78 Å². The van der Waals surface area contributed by atoms with Gasteiger partial charge in [-0.3, -0.25) is 4.90 Å². The molecule has 21 heavy (non-hydrogen) atoms. The topological polar surface area (TPSA) is 29.3 Å². The number of benzene rings is 1. The summed E-state index contributed by atoms with van der Waals surface area (Å²) in [5, 5.41) is 0. The molecule has 1 aromatic carbocycles. The lowest BCUT2D eigenvalue weighted by molar-refractivity contribution is 0.150. The van der Waals surface area contributed by atoms with E-state index in [-0.39, 0.29) is 11.6 Å². The highest BCUT2D eigenvalue weighted by molar-refractivity contribution is 5.27. The molecular formula is C17H26F2N2. The maximum Gasteiger partial charge on any atom is 0.263 e. The van der Waals surface area contributed by atoms with Crippen molar-refractivity contribution in [3.8, 4) is 0 Å². The Balaban J connectivity index is 2.13. The predicted octanol–water partition coefficient (Wildman–Crippen LogP) is 4.14. The first kappa shape index (κ1) is 16.4. The van der Waals surface area contributed by atoms with Crippen molar-refractivity contribution in [2.75, 3.05) is 19.6 Å². The van der Waals surface area contributed by atoms with E-state index in [0.29, 0.717) is 6.54 Å². The Kier molecular flexibility index (Phi) is 6.12. The van der Waals surface area contributed by atoms with E-state index in [1.807, 2.05) is 6.07 Å². The van der Waals surface area contributed by atoms with Crippen LogP contribution in [0.4, 0.5) is 8.78 Å². The molecule has 0 radical (unpaired) electrons. The average molecular weight is 296 g/mol. The van der Waals surface area contributed by atoms with Crippen molar-refractivity contribution >= 4 is 0 Å². The zero-order valence-corrected chi connectivity index (χ0v) is 12.8. The second-order valence-electron chi connectivity index (χ2n) is 5.96. The number of nitrogens with two attached hydrogens (primary N) is 1. The highest BCUT2D eigenvalue weighted by Gasteiger charge is 2.23. The Morgan fingerprint density at radius 3 is 2.67 bits per heavy atom. The third kappa shape index (κ3) is 4.24. The molecule has 1 saturated heterocycles. The van der Waals surface area contributed by atoms with Gasteiger partial charge in [0.2, 0.25) is 0 Å². The molecule has 0 saturated carbocycles. The molecule has 1 aromatic rings. The minimum atomic E-state index is -2.42. The van der Waals surface area contributed by atoms with Crippen LogP contribution < -0.4 is 5.73 Å². The number of hydrogen-bond donors (Lipinski definition) is 1. The Morgan fingerprint density at radius 1 is 1.24 bits per heavy atom. The van der Waals surface area contributed by atoms with Gasteiger partial charge in [-0.2, -0.15) is 0 Å².